The normalized spacial score (nSPS) is 39.1. The van der Waals surface area contributed by atoms with Crippen LogP contribution in [0.3, 0.4) is 0 Å². The van der Waals surface area contributed by atoms with Crippen molar-refractivity contribution in [2.24, 2.45) is 23.2 Å². The average Bonchev–Trinajstić information content (AvgIpc) is 2.36. The molecule has 0 aromatic rings. The van der Waals surface area contributed by atoms with Crippen molar-refractivity contribution in [3.05, 3.63) is 0 Å². The van der Waals surface area contributed by atoms with Gasteiger partial charge < -0.3 is 10.1 Å². The number of carbonyl (C=O) groups is 2. The molecule has 0 aromatic heterocycles. The highest BCUT2D eigenvalue weighted by atomic mass is 16.5. The monoisotopic (exact) mass is 265 g/mol. The Balaban J connectivity index is 1.59. The van der Waals surface area contributed by atoms with Crippen molar-refractivity contribution >= 4 is 11.9 Å². The van der Waals surface area contributed by atoms with E-state index in [2.05, 4.69) is 10.1 Å². The lowest BCUT2D eigenvalue weighted by Crippen LogP contribution is -2.53. The molecular weight excluding hydrogens is 242 g/mol. The van der Waals surface area contributed by atoms with Gasteiger partial charge in [0.2, 0.25) is 5.91 Å². The molecule has 0 spiro atoms. The van der Waals surface area contributed by atoms with E-state index in [1.807, 2.05) is 0 Å². The number of hydrogen-bond acceptors (Lipinski definition) is 3. The molecule has 106 valence electrons. The Kier molecular flexibility index (Phi) is 3.27. The van der Waals surface area contributed by atoms with Gasteiger partial charge in [0.15, 0.2) is 0 Å². The van der Waals surface area contributed by atoms with Crippen LogP contribution in [-0.4, -0.2) is 25.5 Å². The molecule has 4 saturated carbocycles. The van der Waals surface area contributed by atoms with Gasteiger partial charge in [0.25, 0.3) is 0 Å². The molecule has 0 radical (unpaired) electrons. The van der Waals surface area contributed by atoms with Crippen LogP contribution in [0.5, 0.6) is 0 Å². The molecule has 0 unspecified atom stereocenters. The summed E-state index contributed by atoms with van der Waals surface area (Å²) in [6, 6.07) is 0. The SMILES string of the molecule is COC(=O)CCNC(=O)C12CC3CC(CC(C3)C1)C2. The first-order valence-electron chi connectivity index (χ1n) is 7.46. The first kappa shape index (κ1) is 12.9. The van der Waals surface area contributed by atoms with Gasteiger partial charge in [0.1, 0.15) is 0 Å². The fraction of sp³-hybridized carbons (Fsp3) is 0.867. The van der Waals surface area contributed by atoms with Crippen LogP contribution in [0, 0.1) is 23.2 Å². The molecule has 0 atom stereocenters. The summed E-state index contributed by atoms with van der Waals surface area (Å²) >= 11 is 0. The van der Waals surface area contributed by atoms with Gasteiger partial charge >= 0.3 is 5.97 Å². The molecule has 4 heteroatoms. The van der Waals surface area contributed by atoms with Crippen molar-refractivity contribution in [2.75, 3.05) is 13.7 Å². The minimum atomic E-state index is -0.259. The van der Waals surface area contributed by atoms with Gasteiger partial charge in [0.05, 0.1) is 13.5 Å². The van der Waals surface area contributed by atoms with Crippen LogP contribution in [0.2, 0.25) is 0 Å². The molecule has 1 amide bonds. The van der Waals surface area contributed by atoms with E-state index in [-0.39, 0.29) is 23.7 Å². The molecule has 0 saturated heterocycles. The molecule has 0 heterocycles. The molecular formula is C15H23NO3. The van der Waals surface area contributed by atoms with Crippen molar-refractivity contribution in [2.45, 2.75) is 44.9 Å². The Morgan fingerprint density at radius 3 is 2.11 bits per heavy atom. The number of nitrogens with one attached hydrogen (secondary N) is 1. The highest BCUT2D eigenvalue weighted by Gasteiger charge is 2.54. The van der Waals surface area contributed by atoms with Gasteiger partial charge in [-0.3, -0.25) is 9.59 Å². The third kappa shape index (κ3) is 2.37. The second kappa shape index (κ2) is 4.80. The molecule has 0 aliphatic heterocycles. The van der Waals surface area contributed by atoms with Crippen LogP contribution >= 0.6 is 0 Å². The molecule has 4 fully saturated rings. The van der Waals surface area contributed by atoms with Crippen molar-refractivity contribution in [3.8, 4) is 0 Å². The van der Waals surface area contributed by atoms with E-state index in [0.717, 1.165) is 37.0 Å². The Labute approximate surface area is 114 Å². The summed E-state index contributed by atoms with van der Waals surface area (Å²) < 4.78 is 4.59. The Bertz CT molecular complexity index is 356. The van der Waals surface area contributed by atoms with Crippen LogP contribution in [0.25, 0.3) is 0 Å². The van der Waals surface area contributed by atoms with Gasteiger partial charge in [-0.15, -0.1) is 0 Å². The number of methoxy groups -OCH3 is 1. The van der Waals surface area contributed by atoms with Crippen LogP contribution in [0.4, 0.5) is 0 Å². The van der Waals surface area contributed by atoms with E-state index in [0.29, 0.717) is 6.54 Å². The van der Waals surface area contributed by atoms with E-state index in [1.165, 1.54) is 26.4 Å². The predicted octanol–water partition coefficient (Wildman–Crippen LogP) is 1.88. The lowest BCUT2D eigenvalue weighted by molar-refractivity contribution is -0.146. The fourth-order valence-corrected chi connectivity index (χ4v) is 4.96. The van der Waals surface area contributed by atoms with Gasteiger partial charge in [-0.05, 0) is 56.3 Å². The zero-order valence-electron chi connectivity index (χ0n) is 11.6. The maximum absolute atomic E-state index is 12.5. The summed E-state index contributed by atoms with van der Waals surface area (Å²) in [5.41, 5.74) is -0.106. The molecule has 1 N–H and O–H groups in total. The summed E-state index contributed by atoms with van der Waals surface area (Å²) in [7, 11) is 1.38. The van der Waals surface area contributed by atoms with E-state index in [9.17, 15) is 9.59 Å². The maximum Gasteiger partial charge on any atom is 0.307 e. The fourth-order valence-electron chi connectivity index (χ4n) is 4.96. The van der Waals surface area contributed by atoms with Crippen molar-refractivity contribution in [1.82, 2.24) is 5.32 Å². The van der Waals surface area contributed by atoms with Crippen molar-refractivity contribution in [3.63, 3.8) is 0 Å². The predicted molar refractivity (Wildman–Crippen MR) is 70.2 cm³/mol. The summed E-state index contributed by atoms with van der Waals surface area (Å²) in [5, 5.41) is 2.97. The highest BCUT2D eigenvalue weighted by molar-refractivity contribution is 5.83. The Morgan fingerprint density at radius 1 is 1.11 bits per heavy atom. The zero-order chi connectivity index (χ0) is 13.5. The van der Waals surface area contributed by atoms with E-state index in [1.54, 1.807) is 0 Å². The average molecular weight is 265 g/mol. The summed E-state index contributed by atoms with van der Waals surface area (Å²) in [5.74, 6) is 2.26. The number of hydrogen-bond donors (Lipinski definition) is 1. The first-order chi connectivity index (χ1) is 9.11. The first-order valence-corrected chi connectivity index (χ1v) is 7.46. The molecule has 19 heavy (non-hydrogen) atoms. The topological polar surface area (TPSA) is 55.4 Å². The molecule has 4 nitrogen and oxygen atoms in total. The van der Waals surface area contributed by atoms with Gasteiger partial charge in [0, 0.05) is 12.0 Å². The summed E-state index contributed by atoms with van der Waals surface area (Å²) in [6.07, 6.45) is 7.52. The van der Waals surface area contributed by atoms with E-state index < -0.39 is 0 Å². The van der Waals surface area contributed by atoms with E-state index in [4.69, 9.17) is 0 Å². The minimum absolute atomic E-state index is 0.106. The second-order valence-electron chi connectivity index (χ2n) is 6.78. The van der Waals surface area contributed by atoms with Gasteiger partial charge in [-0.1, -0.05) is 0 Å². The van der Waals surface area contributed by atoms with Crippen molar-refractivity contribution in [1.29, 1.82) is 0 Å². The third-order valence-electron chi connectivity index (χ3n) is 5.36. The number of carbonyl (C=O) groups excluding carboxylic acids is 2. The number of rotatable bonds is 4. The van der Waals surface area contributed by atoms with Crippen molar-refractivity contribution < 1.29 is 14.3 Å². The molecule has 4 rings (SSSR count). The third-order valence-corrected chi connectivity index (χ3v) is 5.36. The van der Waals surface area contributed by atoms with Crippen LogP contribution in [-0.2, 0) is 14.3 Å². The second-order valence-corrected chi connectivity index (χ2v) is 6.78. The lowest BCUT2D eigenvalue weighted by atomic mass is 9.49. The van der Waals surface area contributed by atoms with Crippen LogP contribution < -0.4 is 5.32 Å². The quantitative estimate of drug-likeness (QED) is 0.790. The van der Waals surface area contributed by atoms with Gasteiger partial charge in [-0.2, -0.15) is 0 Å². The Morgan fingerprint density at radius 2 is 1.63 bits per heavy atom. The van der Waals surface area contributed by atoms with Crippen LogP contribution in [0.15, 0.2) is 0 Å². The highest BCUT2D eigenvalue weighted by Crippen LogP contribution is 2.60. The molecule has 4 bridgehead atoms. The smallest absolute Gasteiger partial charge is 0.307 e. The van der Waals surface area contributed by atoms with Crippen LogP contribution in [0.1, 0.15) is 44.9 Å². The van der Waals surface area contributed by atoms with E-state index >= 15 is 0 Å². The zero-order valence-corrected chi connectivity index (χ0v) is 11.6. The summed E-state index contributed by atoms with van der Waals surface area (Å²) in [4.78, 5) is 23.6. The molecule has 4 aliphatic rings. The summed E-state index contributed by atoms with van der Waals surface area (Å²) in [6.45, 7) is 0.410. The number of ether oxygens (including phenoxy) is 1. The standard InChI is InChI=1S/C15H23NO3/c1-19-13(17)2-3-16-14(18)15-7-10-4-11(8-15)6-12(5-10)9-15/h10-12H,2-9H2,1H3,(H,16,18). The molecule has 0 aromatic carbocycles. The lowest BCUT2D eigenvalue weighted by Gasteiger charge is -2.55. The number of amides is 1. The molecule has 4 aliphatic carbocycles. The minimum Gasteiger partial charge on any atom is -0.469 e. The number of esters is 1. The maximum atomic E-state index is 12.5. The van der Waals surface area contributed by atoms with Gasteiger partial charge in [-0.25, -0.2) is 0 Å². The Hall–Kier alpha value is -1.06. The largest absolute Gasteiger partial charge is 0.469 e.